The van der Waals surface area contributed by atoms with Gasteiger partial charge in [0.2, 0.25) is 0 Å². The van der Waals surface area contributed by atoms with Crippen LogP contribution in [0.25, 0.3) is 0 Å². The normalized spacial score (nSPS) is 12.1. The number of allylic oxidation sites excluding steroid dienone is 2. The number of H-pyrrole nitrogens is 1. The number of pyridine rings is 1. The molecule has 10 nitrogen and oxygen atoms in total. The maximum Gasteiger partial charge on any atom is 0.342 e. The summed E-state index contributed by atoms with van der Waals surface area (Å²) in [7, 11) is 2.94. The number of carbonyl (C=O) groups is 3. The van der Waals surface area contributed by atoms with Gasteiger partial charge in [0, 0.05) is 12.1 Å². The molecule has 148 valence electrons. The second-order valence-electron chi connectivity index (χ2n) is 5.00. The molecular formula is C19H16N3O7+. The van der Waals surface area contributed by atoms with Crippen molar-refractivity contribution in [1.29, 1.82) is 10.5 Å². The Bertz CT molecular complexity index is 950. The van der Waals surface area contributed by atoms with Crippen LogP contribution in [-0.4, -0.2) is 44.3 Å². The minimum atomic E-state index is -1.16. The lowest BCUT2D eigenvalue weighted by Gasteiger charge is -2.07. The van der Waals surface area contributed by atoms with E-state index in [1.807, 2.05) is 30.6 Å². The van der Waals surface area contributed by atoms with Crippen LogP contribution in [0.1, 0.15) is 0 Å². The standard InChI is InChI=1S/C14H10N2O7.C5H5N/c1-21-12(18)8-7(6(4-15)5-16)11(17)10(14(20)23-3)9(8)13(19)22-2;1-2-4-6-5-3-1/h17H,1-3H3;1-5H/p+1. The number of aliphatic hydroxyl groups is 1. The lowest BCUT2D eigenvalue weighted by molar-refractivity contribution is -0.377. The number of ether oxygens (including phenoxy) is 3. The maximum atomic E-state index is 12.0. The van der Waals surface area contributed by atoms with Crippen LogP contribution in [-0.2, 0) is 28.6 Å². The second kappa shape index (κ2) is 10.6. The Labute approximate surface area is 165 Å². The number of nitrogens with zero attached hydrogens (tertiary/aromatic N) is 2. The molecule has 0 atom stereocenters. The molecule has 0 bridgehead atoms. The number of nitrogens with one attached hydrogen (secondary N) is 1. The van der Waals surface area contributed by atoms with Gasteiger partial charge < -0.3 is 19.3 Å². The van der Waals surface area contributed by atoms with Gasteiger partial charge in [-0.05, 0) is 0 Å². The van der Waals surface area contributed by atoms with Gasteiger partial charge in [-0.15, -0.1) is 0 Å². The van der Waals surface area contributed by atoms with E-state index < -0.39 is 51.5 Å². The molecule has 0 radical (unpaired) electrons. The van der Waals surface area contributed by atoms with Gasteiger partial charge in [0.1, 0.15) is 29.0 Å². The van der Waals surface area contributed by atoms with E-state index in [4.69, 9.17) is 10.5 Å². The van der Waals surface area contributed by atoms with Gasteiger partial charge in [0.05, 0.1) is 38.0 Å². The van der Waals surface area contributed by atoms with Gasteiger partial charge in [-0.25, -0.2) is 19.4 Å². The Kier molecular flexibility index (Phi) is 8.30. The molecule has 0 fully saturated rings. The molecule has 0 spiro atoms. The SMILES string of the molecule is COC(=O)C1=C(O)C(=C(C#N)C#N)C(C(=O)OC)=C1C(=O)OC.c1cc[nH+]cc1. The third-order valence-electron chi connectivity index (χ3n) is 3.47. The average molecular weight is 398 g/mol. The fourth-order valence-electron chi connectivity index (χ4n) is 2.25. The first-order valence-electron chi connectivity index (χ1n) is 7.78. The summed E-state index contributed by atoms with van der Waals surface area (Å²) in [6, 6.07) is 8.79. The molecule has 0 saturated carbocycles. The van der Waals surface area contributed by atoms with E-state index >= 15 is 0 Å². The topological polar surface area (TPSA) is 161 Å². The minimum Gasteiger partial charge on any atom is -0.506 e. The molecular weight excluding hydrogens is 382 g/mol. The summed E-state index contributed by atoms with van der Waals surface area (Å²) in [5.41, 5.74) is -3.26. The quantitative estimate of drug-likeness (QED) is 0.433. The van der Waals surface area contributed by atoms with Gasteiger partial charge in [-0.1, -0.05) is 6.07 Å². The Hall–Kier alpha value is -4.44. The Balaban J connectivity index is 0.000000594. The number of aromatic nitrogens is 1. The molecule has 0 unspecified atom stereocenters. The summed E-state index contributed by atoms with van der Waals surface area (Å²) in [6.45, 7) is 0. The number of hydrogen-bond acceptors (Lipinski definition) is 9. The monoisotopic (exact) mass is 398 g/mol. The maximum absolute atomic E-state index is 12.0. The van der Waals surface area contributed by atoms with Crippen molar-refractivity contribution < 1.29 is 38.7 Å². The van der Waals surface area contributed by atoms with Crippen molar-refractivity contribution in [2.75, 3.05) is 21.3 Å². The number of carbonyl (C=O) groups excluding carboxylic acids is 3. The highest BCUT2D eigenvalue weighted by Gasteiger charge is 2.43. The van der Waals surface area contributed by atoms with E-state index in [-0.39, 0.29) is 0 Å². The molecule has 29 heavy (non-hydrogen) atoms. The van der Waals surface area contributed by atoms with Gasteiger partial charge in [0.25, 0.3) is 0 Å². The molecule has 1 aliphatic carbocycles. The van der Waals surface area contributed by atoms with Crippen molar-refractivity contribution in [3.8, 4) is 12.1 Å². The first-order valence-corrected chi connectivity index (χ1v) is 7.78. The Morgan fingerprint density at radius 1 is 0.828 bits per heavy atom. The third kappa shape index (κ3) is 4.84. The molecule has 1 aromatic heterocycles. The fraction of sp³-hybridized carbons (Fsp3) is 0.158. The number of methoxy groups -OCH3 is 3. The van der Waals surface area contributed by atoms with Crippen LogP contribution in [0.2, 0.25) is 0 Å². The summed E-state index contributed by atoms with van der Waals surface area (Å²) in [6.07, 6.45) is 3.75. The van der Waals surface area contributed by atoms with Crippen molar-refractivity contribution in [2.45, 2.75) is 0 Å². The minimum absolute atomic E-state index is 0.595. The lowest BCUT2D eigenvalue weighted by atomic mass is 10.0. The Morgan fingerprint density at radius 2 is 1.28 bits per heavy atom. The molecule has 1 heterocycles. The molecule has 10 heteroatoms. The summed E-state index contributed by atoms with van der Waals surface area (Å²) in [4.78, 5) is 38.6. The number of hydrogen-bond donors (Lipinski definition) is 1. The molecule has 0 amide bonds. The summed E-state index contributed by atoms with van der Waals surface area (Å²) in [5.74, 6) is -4.37. The third-order valence-corrected chi connectivity index (χ3v) is 3.47. The predicted octanol–water partition coefficient (Wildman–Crippen LogP) is 0.472. The van der Waals surface area contributed by atoms with Crippen LogP contribution in [0, 0.1) is 22.7 Å². The molecule has 0 aromatic carbocycles. The van der Waals surface area contributed by atoms with Crippen LogP contribution in [0.4, 0.5) is 0 Å². The van der Waals surface area contributed by atoms with Crippen molar-refractivity contribution in [3.63, 3.8) is 0 Å². The highest BCUT2D eigenvalue weighted by molar-refractivity contribution is 6.17. The summed E-state index contributed by atoms with van der Waals surface area (Å²) < 4.78 is 13.4. The van der Waals surface area contributed by atoms with Crippen LogP contribution in [0.15, 0.2) is 64.2 Å². The highest BCUT2D eigenvalue weighted by atomic mass is 16.5. The van der Waals surface area contributed by atoms with Crippen molar-refractivity contribution in [2.24, 2.45) is 0 Å². The fourth-order valence-corrected chi connectivity index (χ4v) is 2.25. The van der Waals surface area contributed by atoms with Crippen molar-refractivity contribution in [1.82, 2.24) is 0 Å². The van der Waals surface area contributed by atoms with Gasteiger partial charge in [0.15, 0.2) is 12.4 Å². The van der Waals surface area contributed by atoms with E-state index in [1.54, 1.807) is 0 Å². The van der Waals surface area contributed by atoms with E-state index in [0.29, 0.717) is 0 Å². The van der Waals surface area contributed by atoms with Crippen LogP contribution in [0.3, 0.4) is 0 Å². The first kappa shape index (κ1) is 22.6. The number of aliphatic hydroxyl groups excluding tert-OH is 1. The van der Waals surface area contributed by atoms with E-state index in [0.717, 1.165) is 21.3 Å². The van der Waals surface area contributed by atoms with Crippen LogP contribution >= 0.6 is 0 Å². The zero-order valence-electron chi connectivity index (χ0n) is 15.7. The van der Waals surface area contributed by atoms with Crippen LogP contribution in [0.5, 0.6) is 0 Å². The van der Waals surface area contributed by atoms with Crippen LogP contribution < -0.4 is 4.98 Å². The van der Waals surface area contributed by atoms with E-state index in [2.05, 4.69) is 19.2 Å². The van der Waals surface area contributed by atoms with Gasteiger partial charge in [-0.2, -0.15) is 10.5 Å². The summed E-state index contributed by atoms with van der Waals surface area (Å²) >= 11 is 0. The highest BCUT2D eigenvalue weighted by Crippen LogP contribution is 2.39. The predicted molar refractivity (Wildman–Crippen MR) is 94.0 cm³/mol. The molecule has 1 aromatic rings. The zero-order chi connectivity index (χ0) is 22.0. The van der Waals surface area contributed by atoms with Crippen molar-refractivity contribution in [3.05, 3.63) is 64.2 Å². The largest absolute Gasteiger partial charge is 0.506 e. The number of aromatic amines is 1. The summed E-state index contributed by atoms with van der Waals surface area (Å²) in [5, 5.41) is 28.1. The molecule has 2 rings (SSSR count). The number of esters is 3. The average Bonchev–Trinajstić information content (AvgIpc) is 3.07. The lowest BCUT2D eigenvalue weighted by Crippen LogP contribution is -2.17. The van der Waals surface area contributed by atoms with Crippen molar-refractivity contribution >= 4 is 17.9 Å². The number of rotatable bonds is 3. The molecule has 2 N–H and O–H groups in total. The van der Waals surface area contributed by atoms with Gasteiger partial charge >= 0.3 is 17.9 Å². The van der Waals surface area contributed by atoms with E-state index in [1.165, 1.54) is 12.1 Å². The smallest absolute Gasteiger partial charge is 0.342 e. The van der Waals surface area contributed by atoms with E-state index in [9.17, 15) is 19.5 Å². The Morgan fingerprint density at radius 3 is 1.62 bits per heavy atom. The molecule has 0 saturated heterocycles. The molecule has 1 aliphatic rings. The molecule has 0 aliphatic heterocycles. The van der Waals surface area contributed by atoms with Gasteiger partial charge in [-0.3, -0.25) is 0 Å². The first-order chi connectivity index (χ1) is 13.9. The second-order valence-corrected chi connectivity index (χ2v) is 5.00. The number of nitriles is 2. The zero-order valence-corrected chi connectivity index (χ0v) is 15.7.